The van der Waals surface area contributed by atoms with Crippen molar-refractivity contribution in [1.29, 1.82) is 0 Å². The van der Waals surface area contributed by atoms with Crippen LogP contribution < -0.4 is 53.2 Å². The summed E-state index contributed by atoms with van der Waals surface area (Å²) in [6.45, 7) is 8.46. The fourth-order valence-corrected chi connectivity index (χ4v) is 14.1. The maximum Gasteiger partial charge on any atom is 0.257 e. The largest absolute Gasteiger partial charge is 0.443 e. The van der Waals surface area contributed by atoms with E-state index in [-0.39, 0.29) is 59.6 Å². The Bertz CT molecular complexity index is 6480. The van der Waals surface area contributed by atoms with E-state index in [1.807, 2.05) is 93.0 Å². The Morgan fingerprint density at radius 2 is 0.863 bits per heavy atom. The van der Waals surface area contributed by atoms with Crippen molar-refractivity contribution in [3.63, 3.8) is 0 Å². The molecule has 12 N–H and O–H groups in total. The molecule has 0 bridgehead atoms. The van der Waals surface area contributed by atoms with Gasteiger partial charge in [0, 0.05) is 130 Å². The minimum absolute atomic E-state index is 0.0144. The first-order chi connectivity index (χ1) is 56.8. The summed E-state index contributed by atoms with van der Waals surface area (Å²) >= 11 is 0. The molecule has 2 aromatic carbocycles. The lowest BCUT2D eigenvalue weighted by Gasteiger charge is -2.32. The van der Waals surface area contributed by atoms with Gasteiger partial charge < -0.3 is 81.3 Å². The first-order valence-corrected chi connectivity index (χ1v) is 38.4. The lowest BCUT2D eigenvalue weighted by Crippen LogP contribution is -2.50. The van der Waals surface area contributed by atoms with E-state index in [9.17, 15) is 33.8 Å². The zero-order valence-electron chi connectivity index (χ0n) is 64.8. The number of halogens is 1. The third-order valence-corrected chi connectivity index (χ3v) is 20.9. The molecule has 4 atom stereocenters. The molecule has 598 valence electrons. The summed E-state index contributed by atoms with van der Waals surface area (Å²) in [4.78, 5) is 87.1. The molecule has 14 heterocycles. The van der Waals surface area contributed by atoms with Crippen LogP contribution in [0, 0.1) is 0 Å². The summed E-state index contributed by atoms with van der Waals surface area (Å²) < 4.78 is 34.4. The van der Waals surface area contributed by atoms with Gasteiger partial charge in [0.05, 0.1) is 71.8 Å². The highest BCUT2D eigenvalue weighted by atomic mass is 19.1. The molecule has 4 aliphatic rings. The van der Waals surface area contributed by atoms with E-state index in [0.717, 1.165) is 81.2 Å². The smallest absolute Gasteiger partial charge is 0.257 e. The summed E-state index contributed by atoms with van der Waals surface area (Å²) in [5.41, 5.74) is 12.6. The van der Waals surface area contributed by atoms with Gasteiger partial charge in [-0.3, -0.25) is 19.2 Å². The second-order valence-corrected chi connectivity index (χ2v) is 29.5. The van der Waals surface area contributed by atoms with Crippen LogP contribution >= 0.6 is 0 Å². The highest BCUT2D eigenvalue weighted by Gasteiger charge is 2.40. The molecule has 37 heteroatoms. The average Bonchev–Trinajstić information content (AvgIpc) is 1.62. The number of rotatable bonds is 20. The highest BCUT2D eigenvalue weighted by molar-refractivity contribution is 6.04. The molecule has 4 saturated carbocycles. The lowest BCUT2D eigenvalue weighted by molar-refractivity contribution is 0.0448. The van der Waals surface area contributed by atoms with Crippen molar-refractivity contribution in [3.05, 3.63) is 170 Å². The van der Waals surface area contributed by atoms with Gasteiger partial charge in [-0.1, -0.05) is 12.1 Å². The quantitative estimate of drug-likeness (QED) is 0.0337. The van der Waals surface area contributed by atoms with Gasteiger partial charge in [0.2, 0.25) is 0 Å². The number of aromatic nitrogens is 18. The van der Waals surface area contributed by atoms with Crippen molar-refractivity contribution in [2.24, 2.45) is 0 Å². The van der Waals surface area contributed by atoms with Crippen LogP contribution in [0.25, 0.3) is 89.4 Å². The highest BCUT2D eigenvalue weighted by Crippen LogP contribution is 2.37. The number of aliphatic hydroxyl groups is 2. The van der Waals surface area contributed by atoms with Crippen LogP contribution in [-0.2, 0) is 0 Å². The summed E-state index contributed by atoms with van der Waals surface area (Å²) in [6, 6.07) is 26.5. The molecule has 0 unspecified atom stereocenters. The van der Waals surface area contributed by atoms with Crippen molar-refractivity contribution in [1.82, 2.24) is 109 Å². The number of fused-ring (bicyclic) bond motifs is 8. The van der Waals surface area contributed by atoms with Crippen molar-refractivity contribution in [2.45, 2.75) is 127 Å². The predicted molar refractivity (Wildman–Crippen MR) is 437 cm³/mol. The molecule has 0 aliphatic heterocycles. The maximum atomic E-state index is 13.1. The Morgan fingerprint density at radius 1 is 0.462 bits per heavy atom. The van der Waals surface area contributed by atoms with Gasteiger partial charge in [0.15, 0.2) is 46.5 Å². The number of para-hydroxylation sites is 2. The van der Waals surface area contributed by atoms with E-state index >= 15 is 0 Å². The number of anilines is 8. The number of carbonyl (C=O) groups is 4. The standard InChI is InChI=1S/2C22H25N7O2.C18H16FN7O2.C18H17N7O2/c1-12(2)28-11-15(13-5-4-8-24-20(13)28)17-9-19(23-3)29-21(26-17)14(10-25-29)22(31)27-16-6-7-18(16)30;1-12(2)28-11-17(15-5-4-6-24-20(15)28)18-9-19(23-3)29-21(27-18)16(10-25-29)22(31)26-13-7-14(30)8-13;1-20-15-6-14(23-11-3-2-4-13-16(11)21-8-28-13)25-17-9(7-22-26(15)17)18(27)24-12-5-10(12)19;1-19-15-7-14(23-12-3-2-4-13-16(12)20-9-27-13)24-17-11(8-21-25(15)17)18(26)22-10-5-6-10/h4-5,8-12,16,18,23,30H,6-7H2,1-3H3,(H,27,31);4-6,9-14,23,30H,7-8H2,1-3H3,(H,26,31);2-4,6-8,10,12,20H,5H2,1H3,(H,23,25)(H,24,27);2-4,7-10,19H,5-6H2,1H3,(H,22,26)(H,23,24)/t16-,18-;;10-,12+;/m0.1./s1. The zero-order chi connectivity index (χ0) is 81.0. The number of nitrogens with one attached hydrogen (secondary N) is 10. The molecule has 0 radical (unpaired) electrons. The number of benzene rings is 2. The zero-order valence-corrected chi connectivity index (χ0v) is 64.8. The van der Waals surface area contributed by atoms with Crippen LogP contribution in [0.4, 0.5) is 50.7 Å². The number of hydrogen-bond donors (Lipinski definition) is 12. The Labute approximate surface area is 664 Å². The van der Waals surface area contributed by atoms with E-state index in [2.05, 4.69) is 153 Å². The number of hydrogen-bond acceptors (Lipinski definition) is 26. The second-order valence-electron chi connectivity index (χ2n) is 29.5. The van der Waals surface area contributed by atoms with Crippen molar-refractivity contribution in [2.75, 3.05) is 60.1 Å². The van der Waals surface area contributed by atoms with E-state index in [4.69, 9.17) is 18.8 Å². The predicted octanol–water partition coefficient (Wildman–Crippen LogP) is 10.3. The van der Waals surface area contributed by atoms with E-state index in [0.29, 0.717) is 116 Å². The maximum absolute atomic E-state index is 13.1. The molecule has 4 amide bonds. The molecule has 4 aliphatic carbocycles. The minimum atomic E-state index is -0.980. The number of oxazole rings is 2. The number of pyridine rings is 2. The Morgan fingerprint density at radius 3 is 1.24 bits per heavy atom. The number of amides is 4. The van der Waals surface area contributed by atoms with Crippen molar-refractivity contribution < 1.29 is 42.6 Å². The Balaban J connectivity index is 0.000000112. The summed E-state index contributed by atoms with van der Waals surface area (Å²) in [5, 5.41) is 69.0. The minimum Gasteiger partial charge on any atom is -0.443 e. The normalized spacial score (nSPS) is 17.4. The molecular formula is C80H83FN28O8. The molecule has 117 heavy (non-hydrogen) atoms. The Hall–Kier alpha value is -14.2. The first kappa shape index (κ1) is 75.5. The van der Waals surface area contributed by atoms with Gasteiger partial charge in [-0.15, -0.1) is 0 Å². The van der Waals surface area contributed by atoms with Crippen molar-refractivity contribution >= 4 is 137 Å². The van der Waals surface area contributed by atoms with Gasteiger partial charge in [-0.05, 0) is 115 Å². The number of aliphatic hydroxyl groups excluding tert-OH is 2. The number of alkyl halides is 1. The van der Waals surface area contributed by atoms with Gasteiger partial charge in [0.25, 0.3) is 23.6 Å². The second kappa shape index (κ2) is 31.3. The van der Waals surface area contributed by atoms with Crippen LogP contribution in [0.1, 0.15) is 126 Å². The monoisotopic (exact) mass is 1580 g/mol. The topological polar surface area (TPSA) is 437 Å². The molecular weight excluding hydrogens is 1500 g/mol. The van der Waals surface area contributed by atoms with Crippen LogP contribution in [0.5, 0.6) is 0 Å². The van der Waals surface area contributed by atoms with E-state index < -0.39 is 24.2 Å². The molecule has 4 fully saturated rings. The molecule has 0 spiro atoms. The molecule has 14 aromatic heterocycles. The fraction of sp³-hybridized carbons (Fsp3) is 0.300. The SMILES string of the molecule is CNc1cc(-c2cn(C(C)C)c3ncccc23)nc2c(C(=O)NC3CC(O)C3)cnn12.CNc1cc(-c2cn(C(C)C)c3ncccc23)nc2c(C(=O)N[C@H]3CC[C@@H]3O)cnn12.CNc1cc(Nc2cccc3ocnc23)nc2c(C(=O)NC3CC3)cnn12.CNc1cc(Nc2cccc3ocnc23)nc2c(C(=O)N[C@H]3C[C@H]3F)cnn12. The van der Waals surface area contributed by atoms with Gasteiger partial charge in [0.1, 0.15) is 85.7 Å². The van der Waals surface area contributed by atoms with Gasteiger partial charge >= 0.3 is 0 Å². The third-order valence-electron chi connectivity index (χ3n) is 20.9. The summed E-state index contributed by atoms with van der Waals surface area (Å²) in [5.74, 6) is 2.79. The van der Waals surface area contributed by atoms with Crippen LogP contribution in [0.2, 0.25) is 0 Å². The van der Waals surface area contributed by atoms with Gasteiger partial charge in [-0.25, -0.2) is 44.3 Å². The summed E-state index contributed by atoms with van der Waals surface area (Å²) in [6.07, 6.45) is 19.7. The molecule has 20 rings (SSSR count). The van der Waals surface area contributed by atoms with Crippen LogP contribution in [0.3, 0.4) is 0 Å². The van der Waals surface area contributed by atoms with E-state index in [1.54, 1.807) is 52.3 Å². The fourth-order valence-electron chi connectivity index (χ4n) is 14.1. The Kier molecular flexibility index (Phi) is 20.2. The number of nitrogens with zero attached hydrogens (tertiary/aromatic N) is 18. The van der Waals surface area contributed by atoms with Crippen LogP contribution in [0.15, 0.2) is 156 Å². The molecule has 0 saturated heterocycles. The van der Waals surface area contributed by atoms with Crippen LogP contribution in [-0.4, -0.2) is 192 Å². The summed E-state index contributed by atoms with van der Waals surface area (Å²) in [7, 11) is 7.16. The molecule has 16 aromatic rings. The molecule has 36 nitrogen and oxygen atoms in total. The van der Waals surface area contributed by atoms with Gasteiger partial charge in [-0.2, -0.15) is 38.5 Å². The van der Waals surface area contributed by atoms with E-state index in [1.165, 1.54) is 35.9 Å². The number of carbonyl (C=O) groups excluding carboxylic acids is 4. The average molecular weight is 1580 g/mol. The third kappa shape index (κ3) is 14.8. The van der Waals surface area contributed by atoms with Crippen molar-refractivity contribution in [3.8, 4) is 22.5 Å². The first-order valence-electron chi connectivity index (χ1n) is 38.4. The lowest BCUT2D eigenvalue weighted by atomic mass is 9.89.